The molecule has 0 saturated carbocycles. The Morgan fingerprint density at radius 1 is 1.58 bits per heavy atom. The number of anilines is 1. The molecule has 6 nitrogen and oxygen atoms in total. The van der Waals surface area contributed by atoms with E-state index in [1.54, 1.807) is 13.0 Å². The number of rotatable bonds is 4. The SMILES string of the molecule is Cc1cc(NC(=O)CCN2CCN(C)CC2C)no1. The third kappa shape index (κ3) is 4.04. The number of aryl methyl sites for hydroxylation is 1. The van der Waals surface area contributed by atoms with Crippen LogP contribution in [0.3, 0.4) is 0 Å². The number of amides is 1. The first-order chi connectivity index (χ1) is 9.04. The van der Waals surface area contributed by atoms with Crippen LogP contribution in [-0.4, -0.2) is 60.1 Å². The van der Waals surface area contributed by atoms with Gasteiger partial charge in [0, 0.05) is 44.7 Å². The highest BCUT2D eigenvalue weighted by atomic mass is 16.5. The lowest BCUT2D eigenvalue weighted by atomic mass is 10.2. The Labute approximate surface area is 113 Å². The number of hydrogen-bond acceptors (Lipinski definition) is 5. The van der Waals surface area contributed by atoms with E-state index in [9.17, 15) is 4.79 Å². The first kappa shape index (κ1) is 14.0. The van der Waals surface area contributed by atoms with Gasteiger partial charge in [-0.25, -0.2) is 0 Å². The van der Waals surface area contributed by atoms with Crippen LogP contribution in [0.1, 0.15) is 19.1 Å². The Kier molecular flexibility index (Phi) is 4.55. The zero-order valence-electron chi connectivity index (χ0n) is 11.8. The largest absolute Gasteiger partial charge is 0.360 e. The van der Waals surface area contributed by atoms with Crippen LogP contribution in [-0.2, 0) is 4.79 Å². The molecule has 1 N–H and O–H groups in total. The highest BCUT2D eigenvalue weighted by Gasteiger charge is 2.21. The van der Waals surface area contributed by atoms with Crippen LogP contribution < -0.4 is 5.32 Å². The van der Waals surface area contributed by atoms with Gasteiger partial charge in [-0.05, 0) is 20.9 Å². The molecule has 0 aromatic carbocycles. The topological polar surface area (TPSA) is 61.6 Å². The van der Waals surface area contributed by atoms with Crippen LogP contribution in [0, 0.1) is 6.92 Å². The third-order valence-corrected chi connectivity index (χ3v) is 3.49. The third-order valence-electron chi connectivity index (χ3n) is 3.49. The van der Waals surface area contributed by atoms with E-state index in [0.29, 0.717) is 24.0 Å². The maximum absolute atomic E-state index is 11.8. The summed E-state index contributed by atoms with van der Waals surface area (Å²) >= 11 is 0. The Bertz CT molecular complexity index is 432. The molecule has 2 rings (SSSR count). The van der Waals surface area contributed by atoms with Crippen LogP contribution in [0.15, 0.2) is 10.6 Å². The highest BCUT2D eigenvalue weighted by Crippen LogP contribution is 2.10. The van der Waals surface area contributed by atoms with Gasteiger partial charge < -0.3 is 14.7 Å². The first-order valence-electron chi connectivity index (χ1n) is 6.70. The van der Waals surface area contributed by atoms with Crippen molar-refractivity contribution in [3.63, 3.8) is 0 Å². The van der Waals surface area contributed by atoms with Crippen molar-refractivity contribution in [1.82, 2.24) is 15.0 Å². The van der Waals surface area contributed by atoms with E-state index >= 15 is 0 Å². The average Bonchev–Trinajstić information content (AvgIpc) is 2.73. The second kappa shape index (κ2) is 6.16. The predicted molar refractivity (Wildman–Crippen MR) is 73.0 cm³/mol. The molecule has 1 fully saturated rings. The molecule has 19 heavy (non-hydrogen) atoms. The fourth-order valence-corrected chi connectivity index (χ4v) is 2.39. The van der Waals surface area contributed by atoms with Gasteiger partial charge in [0.2, 0.25) is 5.91 Å². The lowest BCUT2D eigenvalue weighted by molar-refractivity contribution is -0.116. The van der Waals surface area contributed by atoms with Crippen molar-refractivity contribution in [3.05, 3.63) is 11.8 Å². The van der Waals surface area contributed by atoms with E-state index in [2.05, 4.69) is 34.2 Å². The highest BCUT2D eigenvalue weighted by molar-refractivity contribution is 5.89. The maximum Gasteiger partial charge on any atom is 0.226 e. The van der Waals surface area contributed by atoms with Crippen molar-refractivity contribution in [1.29, 1.82) is 0 Å². The Hall–Kier alpha value is -1.40. The van der Waals surface area contributed by atoms with Gasteiger partial charge in [-0.2, -0.15) is 0 Å². The van der Waals surface area contributed by atoms with E-state index in [0.717, 1.165) is 26.2 Å². The van der Waals surface area contributed by atoms with Crippen molar-refractivity contribution < 1.29 is 9.32 Å². The lowest BCUT2D eigenvalue weighted by Gasteiger charge is -2.38. The monoisotopic (exact) mass is 266 g/mol. The second-order valence-corrected chi connectivity index (χ2v) is 5.27. The van der Waals surface area contributed by atoms with Gasteiger partial charge in [-0.15, -0.1) is 0 Å². The van der Waals surface area contributed by atoms with E-state index in [1.165, 1.54) is 0 Å². The molecular formula is C13H22N4O2. The molecule has 1 aliphatic rings. The molecule has 1 unspecified atom stereocenters. The Balaban J connectivity index is 1.74. The Morgan fingerprint density at radius 3 is 3.00 bits per heavy atom. The second-order valence-electron chi connectivity index (χ2n) is 5.27. The number of hydrogen-bond donors (Lipinski definition) is 1. The minimum absolute atomic E-state index is 0.0144. The molecule has 0 spiro atoms. The van der Waals surface area contributed by atoms with E-state index < -0.39 is 0 Å². The van der Waals surface area contributed by atoms with Gasteiger partial charge in [0.1, 0.15) is 5.76 Å². The molecule has 1 amide bonds. The van der Waals surface area contributed by atoms with Gasteiger partial charge in [0.15, 0.2) is 5.82 Å². The molecule has 1 saturated heterocycles. The van der Waals surface area contributed by atoms with Gasteiger partial charge in [-0.3, -0.25) is 9.69 Å². The summed E-state index contributed by atoms with van der Waals surface area (Å²) in [6, 6.07) is 2.22. The first-order valence-corrected chi connectivity index (χ1v) is 6.70. The van der Waals surface area contributed by atoms with E-state index in [-0.39, 0.29) is 5.91 Å². The maximum atomic E-state index is 11.8. The summed E-state index contributed by atoms with van der Waals surface area (Å²) in [5.41, 5.74) is 0. The van der Waals surface area contributed by atoms with Gasteiger partial charge >= 0.3 is 0 Å². The summed E-state index contributed by atoms with van der Waals surface area (Å²) in [7, 11) is 2.13. The molecule has 2 heterocycles. The van der Waals surface area contributed by atoms with Crippen molar-refractivity contribution in [2.24, 2.45) is 0 Å². The quantitative estimate of drug-likeness (QED) is 0.879. The van der Waals surface area contributed by atoms with Gasteiger partial charge in [-0.1, -0.05) is 5.16 Å². The molecule has 1 aromatic heterocycles. The number of piperazine rings is 1. The molecule has 1 aliphatic heterocycles. The van der Waals surface area contributed by atoms with Crippen molar-refractivity contribution in [2.45, 2.75) is 26.3 Å². The summed E-state index contributed by atoms with van der Waals surface area (Å²) in [4.78, 5) is 16.5. The van der Waals surface area contributed by atoms with Crippen LogP contribution in [0.25, 0.3) is 0 Å². The zero-order valence-corrected chi connectivity index (χ0v) is 11.8. The summed E-state index contributed by atoms with van der Waals surface area (Å²) in [5, 5.41) is 6.49. The number of carbonyl (C=O) groups excluding carboxylic acids is 1. The fourth-order valence-electron chi connectivity index (χ4n) is 2.39. The van der Waals surface area contributed by atoms with Crippen molar-refractivity contribution >= 4 is 11.7 Å². The normalized spacial score (nSPS) is 21.5. The summed E-state index contributed by atoms with van der Waals surface area (Å²) < 4.78 is 4.91. The van der Waals surface area contributed by atoms with E-state index in [1.807, 2.05) is 0 Å². The van der Waals surface area contributed by atoms with Gasteiger partial charge in [0.05, 0.1) is 0 Å². The standard InChI is InChI=1S/C13H22N4O2/c1-10-9-16(3)6-7-17(10)5-4-13(18)14-12-8-11(2)19-15-12/h8,10H,4-7,9H2,1-3H3,(H,14,15,18). The average molecular weight is 266 g/mol. The minimum atomic E-state index is -0.0144. The van der Waals surface area contributed by atoms with Crippen LogP contribution in [0.4, 0.5) is 5.82 Å². The number of likely N-dealkylation sites (N-methyl/N-ethyl adjacent to an activating group) is 1. The smallest absolute Gasteiger partial charge is 0.226 e. The molecular weight excluding hydrogens is 244 g/mol. The van der Waals surface area contributed by atoms with Crippen molar-refractivity contribution in [3.8, 4) is 0 Å². The number of nitrogens with zero attached hydrogens (tertiary/aromatic N) is 3. The zero-order chi connectivity index (χ0) is 13.8. The molecule has 0 bridgehead atoms. The summed E-state index contributed by atoms with van der Waals surface area (Å²) in [5.74, 6) is 1.18. The van der Waals surface area contributed by atoms with Crippen LogP contribution >= 0.6 is 0 Å². The lowest BCUT2D eigenvalue weighted by Crippen LogP contribution is -2.50. The van der Waals surface area contributed by atoms with Gasteiger partial charge in [0.25, 0.3) is 0 Å². The predicted octanol–water partition coefficient (Wildman–Crippen LogP) is 0.948. The molecule has 1 aromatic rings. The minimum Gasteiger partial charge on any atom is -0.360 e. The van der Waals surface area contributed by atoms with E-state index in [4.69, 9.17) is 4.52 Å². The molecule has 0 aliphatic carbocycles. The fraction of sp³-hybridized carbons (Fsp3) is 0.692. The number of carbonyl (C=O) groups is 1. The summed E-state index contributed by atoms with van der Waals surface area (Å²) in [6.07, 6.45) is 0.486. The molecule has 106 valence electrons. The molecule has 1 atom stereocenters. The van der Waals surface area contributed by atoms with Crippen LogP contribution in [0.5, 0.6) is 0 Å². The number of aromatic nitrogens is 1. The molecule has 0 radical (unpaired) electrons. The Morgan fingerprint density at radius 2 is 2.37 bits per heavy atom. The van der Waals surface area contributed by atoms with Crippen molar-refractivity contribution in [2.75, 3.05) is 38.5 Å². The molecule has 6 heteroatoms. The van der Waals surface area contributed by atoms with Crippen LogP contribution in [0.2, 0.25) is 0 Å². The number of nitrogens with one attached hydrogen (secondary N) is 1. The summed E-state index contributed by atoms with van der Waals surface area (Å²) in [6.45, 7) is 7.94.